The van der Waals surface area contributed by atoms with Crippen molar-refractivity contribution in [3.05, 3.63) is 114 Å². The van der Waals surface area contributed by atoms with E-state index in [4.69, 9.17) is 9.47 Å². The van der Waals surface area contributed by atoms with Crippen LogP contribution in [-0.4, -0.2) is 15.5 Å². The minimum Gasteiger partial charge on any atom is -0.489 e. The van der Waals surface area contributed by atoms with Crippen LogP contribution in [0.2, 0.25) is 0 Å². The van der Waals surface area contributed by atoms with Gasteiger partial charge < -0.3 is 19.4 Å². The number of hydrogen-bond donors (Lipinski definition) is 1. The number of ether oxygens (including phenoxy) is 2. The Morgan fingerprint density at radius 3 is 2.41 bits per heavy atom. The Bertz CT molecular complexity index is 1150. The summed E-state index contributed by atoms with van der Waals surface area (Å²) in [6.45, 7) is 1.22. The van der Waals surface area contributed by atoms with Crippen LogP contribution in [0.3, 0.4) is 0 Å². The van der Waals surface area contributed by atoms with Gasteiger partial charge in [-0.15, -0.1) is 0 Å². The highest BCUT2D eigenvalue weighted by Gasteiger charge is 2.09. The van der Waals surface area contributed by atoms with Crippen LogP contribution in [0.25, 0.3) is 0 Å². The molecule has 0 aliphatic carbocycles. The Morgan fingerprint density at radius 1 is 0.906 bits per heavy atom. The van der Waals surface area contributed by atoms with Crippen molar-refractivity contribution < 1.29 is 14.3 Å². The topological polar surface area (TPSA) is 65.4 Å². The van der Waals surface area contributed by atoms with Crippen molar-refractivity contribution in [1.82, 2.24) is 14.9 Å². The highest BCUT2D eigenvalue weighted by Crippen LogP contribution is 2.20. The average molecular weight is 428 g/mol. The van der Waals surface area contributed by atoms with Crippen molar-refractivity contribution in [3.8, 4) is 11.5 Å². The third-order valence-corrected chi connectivity index (χ3v) is 5.05. The normalized spacial score (nSPS) is 10.5. The molecule has 1 aromatic heterocycles. The third-order valence-electron chi connectivity index (χ3n) is 5.05. The third kappa shape index (κ3) is 5.55. The van der Waals surface area contributed by atoms with Gasteiger partial charge in [0.05, 0.1) is 0 Å². The molecular weight excluding hydrogens is 402 g/mol. The monoisotopic (exact) mass is 427 g/mol. The molecule has 0 fully saturated rings. The van der Waals surface area contributed by atoms with Crippen molar-refractivity contribution in [3.63, 3.8) is 0 Å². The molecule has 0 aliphatic heterocycles. The first-order chi connectivity index (χ1) is 15.7. The molecule has 4 aromatic rings. The van der Waals surface area contributed by atoms with Gasteiger partial charge in [-0.05, 0) is 35.9 Å². The zero-order chi connectivity index (χ0) is 22.2. The van der Waals surface area contributed by atoms with Gasteiger partial charge in [-0.2, -0.15) is 0 Å². The van der Waals surface area contributed by atoms with Crippen LogP contribution < -0.4 is 14.8 Å². The molecule has 1 N–H and O–H groups in total. The van der Waals surface area contributed by atoms with Gasteiger partial charge >= 0.3 is 0 Å². The smallest absolute Gasteiger partial charge is 0.251 e. The lowest BCUT2D eigenvalue weighted by molar-refractivity contribution is 0.0950. The number of nitrogens with one attached hydrogen (secondary N) is 1. The Labute approximate surface area is 187 Å². The Hall–Kier alpha value is -4.06. The van der Waals surface area contributed by atoms with E-state index < -0.39 is 0 Å². The number of aromatic nitrogens is 2. The van der Waals surface area contributed by atoms with E-state index >= 15 is 0 Å². The summed E-state index contributed by atoms with van der Waals surface area (Å²) in [6.07, 6.45) is 3.61. The maximum absolute atomic E-state index is 12.6. The van der Waals surface area contributed by atoms with E-state index in [1.165, 1.54) is 0 Å². The van der Waals surface area contributed by atoms with Gasteiger partial charge in [0, 0.05) is 37.1 Å². The Balaban J connectivity index is 1.31. The standard InChI is InChI=1S/C26H25N3O3/c1-29-16-15-27-25(29)19-31-23-13-11-21(12-14-23)26(30)28-17-22-9-5-6-10-24(22)32-18-20-7-3-2-4-8-20/h2-16H,17-19H2,1H3,(H,28,30). The van der Waals surface area contributed by atoms with Crippen LogP contribution in [0.4, 0.5) is 0 Å². The average Bonchev–Trinajstić information content (AvgIpc) is 3.26. The number of imidazole rings is 1. The van der Waals surface area contributed by atoms with Crippen LogP contribution in [0.1, 0.15) is 27.3 Å². The number of aryl methyl sites for hydroxylation is 1. The second kappa shape index (κ2) is 10.3. The second-order valence-electron chi connectivity index (χ2n) is 7.33. The number of carbonyl (C=O) groups excluding carboxylic acids is 1. The lowest BCUT2D eigenvalue weighted by Gasteiger charge is -2.13. The predicted molar refractivity (Wildman–Crippen MR) is 122 cm³/mol. The van der Waals surface area contributed by atoms with Crippen LogP contribution in [0.15, 0.2) is 91.3 Å². The first-order valence-corrected chi connectivity index (χ1v) is 10.4. The number of rotatable bonds is 9. The SMILES string of the molecule is Cn1ccnc1COc1ccc(C(=O)NCc2ccccc2OCc2ccccc2)cc1. The molecule has 1 heterocycles. The number of benzene rings is 3. The van der Waals surface area contributed by atoms with Gasteiger partial charge in [-0.25, -0.2) is 4.98 Å². The summed E-state index contributed by atoms with van der Waals surface area (Å²) in [5.41, 5.74) is 2.58. The van der Waals surface area contributed by atoms with Crippen molar-refractivity contribution in [2.24, 2.45) is 7.05 Å². The highest BCUT2D eigenvalue weighted by atomic mass is 16.5. The fourth-order valence-electron chi connectivity index (χ4n) is 3.19. The van der Waals surface area contributed by atoms with E-state index in [1.807, 2.05) is 72.4 Å². The molecule has 4 rings (SSSR count). The molecule has 1 amide bonds. The summed E-state index contributed by atoms with van der Waals surface area (Å²) in [6, 6.07) is 24.8. The zero-order valence-corrected chi connectivity index (χ0v) is 17.9. The fourth-order valence-corrected chi connectivity index (χ4v) is 3.19. The summed E-state index contributed by atoms with van der Waals surface area (Å²) in [7, 11) is 1.92. The molecule has 6 heteroatoms. The summed E-state index contributed by atoms with van der Waals surface area (Å²) >= 11 is 0. The van der Waals surface area contributed by atoms with Crippen molar-refractivity contribution in [2.45, 2.75) is 19.8 Å². The van der Waals surface area contributed by atoms with E-state index in [9.17, 15) is 4.79 Å². The minimum atomic E-state index is -0.154. The van der Waals surface area contributed by atoms with Crippen LogP contribution in [0.5, 0.6) is 11.5 Å². The van der Waals surface area contributed by atoms with Gasteiger partial charge in [-0.1, -0.05) is 48.5 Å². The van der Waals surface area contributed by atoms with E-state index in [1.54, 1.807) is 30.5 Å². The zero-order valence-electron chi connectivity index (χ0n) is 17.9. The molecule has 0 atom stereocenters. The van der Waals surface area contributed by atoms with Gasteiger partial charge in [0.15, 0.2) is 0 Å². The van der Waals surface area contributed by atoms with Crippen molar-refractivity contribution in [2.75, 3.05) is 0 Å². The molecule has 0 saturated heterocycles. The summed E-state index contributed by atoms with van der Waals surface area (Å²) in [5, 5.41) is 2.96. The first-order valence-electron chi connectivity index (χ1n) is 10.4. The molecular formula is C26H25N3O3. The maximum Gasteiger partial charge on any atom is 0.251 e. The molecule has 0 spiro atoms. The van der Waals surface area contributed by atoms with Gasteiger partial charge in [-0.3, -0.25) is 4.79 Å². The molecule has 3 aromatic carbocycles. The summed E-state index contributed by atoms with van der Waals surface area (Å²) in [4.78, 5) is 16.8. The molecule has 0 bridgehead atoms. The van der Waals surface area contributed by atoms with Gasteiger partial charge in [0.25, 0.3) is 5.91 Å². The lowest BCUT2D eigenvalue weighted by Crippen LogP contribution is -2.23. The van der Waals surface area contributed by atoms with Crippen LogP contribution >= 0.6 is 0 Å². The number of carbonyl (C=O) groups is 1. The molecule has 162 valence electrons. The van der Waals surface area contributed by atoms with Crippen molar-refractivity contribution >= 4 is 5.91 Å². The maximum atomic E-state index is 12.6. The summed E-state index contributed by atoms with van der Waals surface area (Å²) in [5.74, 6) is 2.12. The van der Waals surface area contributed by atoms with Gasteiger partial charge in [0.2, 0.25) is 0 Å². The Morgan fingerprint density at radius 2 is 1.66 bits per heavy atom. The number of hydrogen-bond acceptors (Lipinski definition) is 4. The van der Waals surface area contributed by atoms with Crippen molar-refractivity contribution in [1.29, 1.82) is 0 Å². The summed E-state index contributed by atoms with van der Waals surface area (Å²) < 4.78 is 13.6. The van der Waals surface area contributed by atoms with E-state index in [0.29, 0.717) is 31.1 Å². The van der Waals surface area contributed by atoms with Crippen LogP contribution in [-0.2, 0) is 26.8 Å². The van der Waals surface area contributed by atoms with Crippen LogP contribution in [0, 0.1) is 0 Å². The largest absolute Gasteiger partial charge is 0.489 e. The fraction of sp³-hybridized carbons (Fsp3) is 0.154. The second-order valence-corrected chi connectivity index (χ2v) is 7.33. The predicted octanol–water partition coefficient (Wildman–Crippen LogP) is 4.51. The van der Waals surface area contributed by atoms with E-state index in [-0.39, 0.29) is 5.91 Å². The quantitative estimate of drug-likeness (QED) is 0.427. The number of nitrogens with zero attached hydrogens (tertiary/aromatic N) is 2. The van der Waals surface area contributed by atoms with Gasteiger partial charge in [0.1, 0.15) is 30.5 Å². The first kappa shape index (κ1) is 21.2. The number of para-hydroxylation sites is 1. The minimum absolute atomic E-state index is 0.154. The van der Waals surface area contributed by atoms with E-state index in [2.05, 4.69) is 10.3 Å². The molecule has 0 aliphatic rings. The molecule has 0 unspecified atom stereocenters. The number of amides is 1. The highest BCUT2D eigenvalue weighted by molar-refractivity contribution is 5.94. The molecule has 0 saturated carbocycles. The molecule has 32 heavy (non-hydrogen) atoms. The lowest BCUT2D eigenvalue weighted by atomic mass is 10.1. The molecule has 6 nitrogen and oxygen atoms in total. The Kier molecular flexibility index (Phi) is 6.82. The molecule has 0 radical (unpaired) electrons. The van der Waals surface area contributed by atoms with E-state index in [0.717, 1.165) is 22.7 Å².